The topological polar surface area (TPSA) is 77.4 Å². The summed E-state index contributed by atoms with van der Waals surface area (Å²) in [7, 11) is 1.27. The van der Waals surface area contributed by atoms with Crippen molar-refractivity contribution in [3.8, 4) is 11.5 Å². The standard InChI is InChI=1S/C20H15NO5S/c1-24-20(23)17-18(22)16(27-19(17)21-13-5-3-2-4-6-13)10-12-7-8-14-15(9-12)26-11-25-14/h2-10,22H,11H2,1H3. The molecule has 0 bridgehead atoms. The van der Waals surface area contributed by atoms with Crippen LogP contribution in [0.1, 0.15) is 5.56 Å². The summed E-state index contributed by atoms with van der Waals surface area (Å²) in [6, 6.07) is 14.7. The van der Waals surface area contributed by atoms with Crippen molar-refractivity contribution in [2.45, 2.75) is 0 Å². The van der Waals surface area contributed by atoms with Crippen molar-refractivity contribution < 1.29 is 24.1 Å². The van der Waals surface area contributed by atoms with E-state index in [1.165, 1.54) is 18.9 Å². The molecule has 0 aliphatic carbocycles. The second-order valence-electron chi connectivity index (χ2n) is 5.69. The summed E-state index contributed by atoms with van der Waals surface area (Å²) in [5.74, 6) is 0.530. The van der Waals surface area contributed by atoms with Gasteiger partial charge in [-0.25, -0.2) is 9.79 Å². The molecule has 2 heterocycles. The van der Waals surface area contributed by atoms with Crippen LogP contribution in [0.25, 0.3) is 6.08 Å². The average Bonchev–Trinajstić information content (AvgIpc) is 3.26. The highest BCUT2D eigenvalue weighted by molar-refractivity contribution is 8.18. The number of fused-ring (bicyclic) bond motifs is 1. The van der Waals surface area contributed by atoms with E-state index in [-0.39, 0.29) is 18.1 Å². The molecule has 0 spiro atoms. The highest BCUT2D eigenvalue weighted by atomic mass is 32.2. The molecule has 27 heavy (non-hydrogen) atoms. The summed E-state index contributed by atoms with van der Waals surface area (Å²) in [4.78, 5) is 17.2. The maximum atomic E-state index is 12.2. The summed E-state index contributed by atoms with van der Waals surface area (Å²) in [5, 5.41) is 11.0. The molecular formula is C20H15NO5S. The molecule has 2 aromatic rings. The van der Waals surface area contributed by atoms with Crippen LogP contribution in [-0.2, 0) is 9.53 Å². The Labute approximate surface area is 159 Å². The van der Waals surface area contributed by atoms with E-state index in [1.807, 2.05) is 42.5 Å². The van der Waals surface area contributed by atoms with Gasteiger partial charge in [-0.15, -0.1) is 0 Å². The van der Waals surface area contributed by atoms with Gasteiger partial charge in [0.25, 0.3) is 0 Å². The molecule has 0 fully saturated rings. The van der Waals surface area contributed by atoms with Crippen LogP contribution < -0.4 is 9.47 Å². The van der Waals surface area contributed by atoms with Crippen molar-refractivity contribution in [3.63, 3.8) is 0 Å². The van der Waals surface area contributed by atoms with Crippen molar-refractivity contribution in [1.82, 2.24) is 0 Å². The summed E-state index contributed by atoms with van der Waals surface area (Å²) in [5.41, 5.74) is 1.54. The Morgan fingerprint density at radius 1 is 1.19 bits per heavy atom. The number of aliphatic imine (C=N–C) groups is 1. The lowest BCUT2D eigenvalue weighted by atomic mass is 10.1. The first-order valence-electron chi connectivity index (χ1n) is 8.11. The molecule has 0 atom stereocenters. The van der Waals surface area contributed by atoms with E-state index < -0.39 is 5.97 Å². The minimum Gasteiger partial charge on any atom is -0.506 e. The van der Waals surface area contributed by atoms with E-state index in [0.29, 0.717) is 27.1 Å². The van der Waals surface area contributed by atoms with Gasteiger partial charge in [-0.3, -0.25) is 0 Å². The van der Waals surface area contributed by atoms with Gasteiger partial charge in [0.15, 0.2) is 11.5 Å². The number of rotatable bonds is 3. The second kappa shape index (κ2) is 7.20. The van der Waals surface area contributed by atoms with Crippen molar-refractivity contribution >= 4 is 34.5 Å². The van der Waals surface area contributed by atoms with Crippen LogP contribution in [0.5, 0.6) is 11.5 Å². The van der Waals surface area contributed by atoms with Gasteiger partial charge in [-0.1, -0.05) is 36.0 Å². The molecule has 1 N–H and O–H groups in total. The fourth-order valence-electron chi connectivity index (χ4n) is 2.66. The number of hydrogen-bond acceptors (Lipinski definition) is 7. The molecule has 6 nitrogen and oxygen atoms in total. The van der Waals surface area contributed by atoms with Gasteiger partial charge in [0.05, 0.1) is 17.7 Å². The largest absolute Gasteiger partial charge is 0.506 e. The molecule has 2 aliphatic heterocycles. The molecule has 7 heteroatoms. The third kappa shape index (κ3) is 3.41. The molecule has 0 saturated heterocycles. The predicted octanol–water partition coefficient (Wildman–Crippen LogP) is 4.22. The number of ether oxygens (including phenoxy) is 3. The number of esters is 1. The van der Waals surface area contributed by atoms with Crippen molar-refractivity contribution in [2.75, 3.05) is 13.9 Å². The lowest BCUT2D eigenvalue weighted by Crippen LogP contribution is -2.10. The minimum atomic E-state index is -0.635. The molecule has 0 radical (unpaired) electrons. The zero-order chi connectivity index (χ0) is 18.8. The van der Waals surface area contributed by atoms with E-state index in [9.17, 15) is 9.90 Å². The fourth-order valence-corrected chi connectivity index (χ4v) is 3.70. The third-order valence-corrected chi connectivity index (χ3v) is 4.98. The summed E-state index contributed by atoms with van der Waals surface area (Å²) >= 11 is 1.21. The number of benzene rings is 2. The van der Waals surface area contributed by atoms with Crippen LogP contribution in [-0.4, -0.2) is 30.0 Å². The number of nitrogens with zero attached hydrogens (tertiary/aromatic N) is 1. The highest BCUT2D eigenvalue weighted by Gasteiger charge is 2.33. The van der Waals surface area contributed by atoms with Gasteiger partial charge in [0.1, 0.15) is 16.4 Å². The van der Waals surface area contributed by atoms with Crippen LogP contribution in [0.3, 0.4) is 0 Å². The first kappa shape index (κ1) is 17.2. The number of methoxy groups -OCH3 is 1. The zero-order valence-electron chi connectivity index (χ0n) is 14.3. The fraction of sp³-hybridized carbons (Fsp3) is 0.100. The number of para-hydroxylation sites is 1. The van der Waals surface area contributed by atoms with Gasteiger partial charge < -0.3 is 19.3 Å². The first-order valence-corrected chi connectivity index (χ1v) is 8.92. The normalized spacial score (nSPS) is 18.4. The molecule has 2 aromatic carbocycles. The Balaban J connectivity index is 1.73. The lowest BCUT2D eigenvalue weighted by molar-refractivity contribution is -0.135. The summed E-state index contributed by atoms with van der Waals surface area (Å²) in [6.45, 7) is 0.190. The molecule has 0 unspecified atom stereocenters. The van der Waals surface area contributed by atoms with E-state index >= 15 is 0 Å². The smallest absolute Gasteiger partial charge is 0.344 e. The van der Waals surface area contributed by atoms with E-state index in [4.69, 9.17) is 14.2 Å². The number of aliphatic hydroxyl groups excluding tert-OH is 1. The molecule has 0 saturated carbocycles. The first-order chi connectivity index (χ1) is 13.2. The molecular weight excluding hydrogens is 366 g/mol. The Hall–Kier alpha value is -3.19. The van der Waals surface area contributed by atoms with Gasteiger partial charge >= 0.3 is 5.97 Å². The van der Waals surface area contributed by atoms with Crippen molar-refractivity contribution in [2.24, 2.45) is 4.99 Å². The average molecular weight is 381 g/mol. The molecule has 4 rings (SSSR count). The van der Waals surface area contributed by atoms with Gasteiger partial charge in [-0.05, 0) is 35.9 Å². The summed E-state index contributed by atoms with van der Waals surface area (Å²) < 4.78 is 15.5. The van der Waals surface area contributed by atoms with Crippen LogP contribution in [0.4, 0.5) is 5.69 Å². The van der Waals surface area contributed by atoms with Crippen molar-refractivity contribution in [3.05, 3.63) is 70.3 Å². The lowest BCUT2D eigenvalue weighted by Gasteiger charge is -2.01. The Bertz CT molecular complexity index is 995. The predicted molar refractivity (Wildman–Crippen MR) is 103 cm³/mol. The van der Waals surface area contributed by atoms with Crippen LogP contribution in [0.2, 0.25) is 0 Å². The highest BCUT2D eigenvalue weighted by Crippen LogP contribution is 2.41. The number of carbonyl (C=O) groups is 1. The minimum absolute atomic E-state index is 0.0540. The van der Waals surface area contributed by atoms with Crippen LogP contribution in [0.15, 0.2) is 69.8 Å². The van der Waals surface area contributed by atoms with Gasteiger partial charge in [0, 0.05) is 0 Å². The number of aliphatic hydroxyl groups is 1. The third-order valence-electron chi connectivity index (χ3n) is 3.96. The monoisotopic (exact) mass is 381 g/mol. The van der Waals surface area contributed by atoms with Crippen LogP contribution >= 0.6 is 11.8 Å². The maximum absolute atomic E-state index is 12.2. The number of thioether (sulfide) groups is 1. The van der Waals surface area contributed by atoms with E-state index in [2.05, 4.69) is 4.99 Å². The van der Waals surface area contributed by atoms with Crippen molar-refractivity contribution in [1.29, 1.82) is 0 Å². The quantitative estimate of drug-likeness (QED) is 0.802. The van der Waals surface area contributed by atoms with E-state index in [0.717, 1.165) is 5.56 Å². The number of carbonyl (C=O) groups excluding carboxylic acids is 1. The molecule has 0 aromatic heterocycles. The molecule has 136 valence electrons. The van der Waals surface area contributed by atoms with Crippen LogP contribution in [0, 0.1) is 0 Å². The maximum Gasteiger partial charge on any atom is 0.344 e. The molecule has 0 amide bonds. The molecule has 2 aliphatic rings. The van der Waals surface area contributed by atoms with Gasteiger partial charge in [0.2, 0.25) is 6.79 Å². The second-order valence-corrected chi connectivity index (χ2v) is 6.72. The SMILES string of the molecule is COC(=O)C1=C(O)C(=Cc2ccc3c(c2)OCO3)SC1=Nc1ccccc1. The Morgan fingerprint density at radius 2 is 1.96 bits per heavy atom. The summed E-state index contributed by atoms with van der Waals surface area (Å²) in [6.07, 6.45) is 1.76. The Kier molecular flexibility index (Phi) is 4.60. The number of hydrogen-bond donors (Lipinski definition) is 1. The van der Waals surface area contributed by atoms with Gasteiger partial charge in [-0.2, -0.15) is 0 Å². The van der Waals surface area contributed by atoms with E-state index in [1.54, 1.807) is 12.1 Å². The zero-order valence-corrected chi connectivity index (χ0v) is 15.2. The Morgan fingerprint density at radius 3 is 2.74 bits per heavy atom.